The highest BCUT2D eigenvalue weighted by Gasteiger charge is 2.26. The first-order valence-corrected chi connectivity index (χ1v) is 7.37. The van der Waals surface area contributed by atoms with E-state index < -0.39 is 22.0 Å². The lowest BCUT2D eigenvalue weighted by Gasteiger charge is -2.19. The van der Waals surface area contributed by atoms with Gasteiger partial charge in [-0.1, -0.05) is 26.0 Å². The van der Waals surface area contributed by atoms with E-state index in [0.717, 1.165) is 5.56 Å². The van der Waals surface area contributed by atoms with Crippen LogP contribution in [-0.4, -0.2) is 20.4 Å². The first-order valence-electron chi connectivity index (χ1n) is 5.88. The standard InChI is InChI=1S/C12H19N3O3S/c1-8(2)11(12(14)16)15-19(17,18)10-5-3-9(7-13)4-6-10/h3-6,8,11,15H,7,13H2,1-2H3,(H2,14,16). The van der Waals surface area contributed by atoms with Crippen molar-refractivity contribution in [2.24, 2.45) is 17.4 Å². The minimum Gasteiger partial charge on any atom is -0.368 e. The van der Waals surface area contributed by atoms with Gasteiger partial charge in [0.1, 0.15) is 6.04 Å². The van der Waals surface area contributed by atoms with Gasteiger partial charge in [-0.15, -0.1) is 0 Å². The maximum Gasteiger partial charge on any atom is 0.241 e. The number of hydrogen-bond acceptors (Lipinski definition) is 4. The van der Waals surface area contributed by atoms with Crippen molar-refractivity contribution in [2.75, 3.05) is 0 Å². The van der Waals surface area contributed by atoms with Gasteiger partial charge in [-0.2, -0.15) is 4.72 Å². The molecule has 0 fully saturated rings. The number of sulfonamides is 1. The molecule has 0 aliphatic rings. The molecule has 0 bridgehead atoms. The summed E-state index contributed by atoms with van der Waals surface area (Å²) in [6, 6.07) is 5.22. The van der Waals surface area contributed by atoms with Crippen molar-refractivity contribution in [1.82, 2.24) is 4.72 Å². The Kier molecular flexibility index (Phi) is 5.04. The van der Waals surface area contributed by atoms with Gasteiger partial charge in [0, 0.05) is 6.54 Å². The van der Waals surface area contributed by atoms with Crippen LogP contribution >= 0.6 is 0 Å². The molecule has 5 N–H and O–H groups in total. The molecule has 19 heavy (non-hydrogen) atoms. The predicted octanol–water partition coefficient (Wildman–Crippen LogP) is -0.0665. The number of nitrogens with one attached hydrogen (secondary N) is 1. The summed E-state index contributed by atoms with van der Waals surface area (Å²) in [7, 11) is -3.77. The molecule has 0 saturated carbocycles. The van der Waals surface area contributed by atoms with E-state index in [1.54, 1.807) is 26.0 Å². The monoisotopic (exact) mass is 285 g/mol. The van der Waals surface area contributed by atoms with Gasteiger partial charge < -0.3 is 11.5 Å². The van der Waals surface area contributed by atoms with Crippen molar-refractivity contribution in [1.29, 1.82) is 0 Å². The molecule has 1 atom stereocenters. The number of benzene rings is 1. The molecule has 0 aliphatic carbocycles. The van der Waals surface area contributed by atoms with Gasteiger partial charge in [0.25, 0.3) is 0 Å². The van der Waals surface area contributed by atoms with Crippen LogP contribution in [0.25, 0.3) is 0 Å². The van der Waals surface area contributed by atoms with Crippen LogP contribution in [-0.2, 0) is 21.4 Å². The lowest BCUT2D eigenvalue weighted by molar-refractivity contribution is -0.120. The Morgan fingerprint density at radius 3 is 2.16 bits per heavy atom. The zero-order valence-electron chi connectivity index (χ0n) is 11.0. The minimum absolute atomic E-state index is 0.0802. The summed E-state index contributed by atoms with van der Waals surface area (Å²) in [6.07, 6.45) is 0. The number of hydrogen-bond donors (Lipinski definition) is 3. The number of amides is 1. The molecule has 106 valence electrons. The van der Waals surface area contributed by atoms with Crippen LogP contribution in [0.1, 0.15) is 19.4 Å². The third kappa shape index (κ3) is 4.02. The smallest absolute Gasteiger partial charge is 0.241 e. The fourth-order valence-electron chi connectivity index (χ4n) is 1.56. The summed E-state index contributed by atoms with van der Waals surface area (Å²) in [5.41, 5.74) is 11.5. The lowest BCUT2D eigenvalue weighted by Crippen LogP contribution is -2.47. The fraction of sp³-hybridized carbons (Fsp3) is 0.417. The summed E-state index contributed by atoms with van der Waals surface area (Å²) in [6.45, 7) is 3.77. The van der Waals surface area contributed by atoms with E-state index in [1.165, 1.54) is 12.1 Å². The Balaban J connectivity index is 2.99. The molecule has 0 aromatic heterocycles. The van der Waals surface area contributed by atoms with E-state index in [-0.39, 0.29) is 10.8 Å². The molecule has 1 aromatic rings. The van der Waals surface area contributed by atoms with Crippen LogP contribution in [0, 0.1) is 5.92 Å². The van der Waals surface area contributed by atoms with Gasteiger partial charge in [-0.05, 0) is 23.6 Å². The van der Waals surface area contributed by atoms with Crippen LogP contribution < -0.4 is 16.2 Å². The Bertz CT molecular complexity index is 538. The summed E-state index contributed by atoms with van der Waals surface area (Å²) in [5.74, 6) is -0.923. The van der Waals surface area contributed by atoms with Crippen LogP contribution in [0.15, 0.2) is 29.2 Å². The third-order valence-corrected chi connectivity index (χ3v) is 4.18. The van der Waals surface area contributed by atoms with Crippen molar-refractivity contribution >= 4 is 15.9 Å². The van der Waals surface area contributed by atoms with Gasteiger partial charge in [-0.25, -0.2) is 8.42 Å². The Labute approximate surface area is 113 Å². The fourth-order valence-corrected chi connectivity index (χ4v) is 2.92. The molecule has 1 rings (SSSR count). The highest BCUT2D eigenvalue weighted by Crippen LogP contribution is 2.12. The maximum atomic E-state index is 12.1. The molecule has 0 saturated heterocycles. The average molecular weight is 285 g/mol. The van der Waals surface area contributed by atoms with Crippen molar-refractivity contribution in [2.45, 2.75) is 31.3 Å². The minimum atomic E-state index is -3.77. The van der Waals surface area contributed by atoms with Crippen molar-refractivity contribution in [3.8, 4) is 0 Å². The quantitative estimate of drug-likeness (QED) is 0.678. The molecule has 6 nitrogen and oxygen atoms in total. The Morgan fingerprint density at radius 1 is 1.26 bits per heavy atom. The molecular weight excluding hydrogens is 266 g/mol. The summed E-state index contributed by atoms with van der Waals surface area (Å²) in [4.78, 5) is 11.3. The summed E-state index contributed by atoms with van der Waals surface area (Å²) in [5, 5.41) is 0. The maximum absolute atomic E-state index is 12.1. The molecule has 1 unspecified atom stereocenters. The van der Waals surface area contributed by atoms with Crippen LogP contribution in [0.4, 0.5) is 0 Å². The van der Waals surface area contributed by atoms with E-state index >= 15 is 0 Å². The van der Waals surface area contributed by atoms with Gasteiger partial charge in [0.05, 0.1) is 4.90 Å². The van der Waals surface area contributed by atoms with Gasteiger partial charge >= 0.3 is 0 Å². The second-order valence-electron chi connectivity index (χ2n) is 4.59. The molecule has 7 heteroatoms. The first-order chi connectivity index (χ1) is 8.77. The van der Waals surface area contributed by atoms with Crippen LogP contribution in [0.3, 0.4) is 0 Å². The second-order valence-corrected chi connectivity index (χ2v) is 6.31. The number of nitrogens with two attached hydrogens (primary N) is 2. The van der Waals surface area contributed by atoms with Crippen molar-refractivity contribution < 1.29 is 13.2 Å². The highest BCUT2D eigenvalue weighted by atomic mass is 32.2. The number of primary amides is 1. The predicted molar refractivity (Wildman–Crippen MR) is 72.5 cm³/mol. The number of carbonyl (C=O) groups is 1. The molecule has 0 radical (unpaired) electrons. The molecule has 1 aromatic carbocycles. The van der Waals surface area contributed by atoms with E-state index in [9.17, 15) is 13.2 Å². The van der Waals surface area contributed by atoms with Gasteiger partial charge in [-0.3, -0.25) is 4.79 Å². The Hall–Kier alpha value is -1.44. The number of carbonyl (C=O) groups excluding carboxylic acids is 1. The summed E-state index contributed by atoms with van der Waals surface area (Å²) < 4.78 is 26.5. The molecule has 1 amide bonds. The van der Waals surface area contributed by atoms with E-state index in [1.807, 2.05) is 0 Å². The SMILES string of the molecule is CC(C)C(NS(=O)(=O)c1ccc(CN)cc1)C(N)=O. The van der Waals surface area contributed by atoms with E-state index in [2.05, 4.69) is 4.72 Å². The van der Waals surface area contributed by atoms with Gasteiger partial charge in [0.15, 0.2) is 0 Å². The third-order valence-electron chi connectivity index (χ3n) is 2.72. The summed E-state index contributed by atoms with van der Waals surface area (Å²) >= 11 is 0. The van der Waals surface area contributed by atoms with E-state index in [4.69, 9.17) is 11.5 Å². The topological polar surface area (TPSA) is 115 Å². The zero-order valence-corrected chi connectivity index (χ0v) is 11.8. The normalized spacial score (nSPS) is 13.5. The van der Waals surface area contributed by atoms with Crippen molar-refractivity contribution in [3.63, 3.8) is 0 Å². The Morgan fingerprint density at radius 2 is 1.79 bits per heavy atom. The highest BCUT2D eigenvalue weighted by molar-refractivity contribution is 7.89. The van der Waals surface area contributed by atoms with Crippen molar-refractivity contribution in [3.05, 3.63) is 29.8 Å². The molecule has 0 spiro atoms. The van der Waals surface area contributed by atoms with Crippen LogP contribution in [0.5, 0.6) is 0 Å². The molecule has 0 aliphatic heterocycles. The average Bonchev–Trinajstić information content (AvgIpc) is 2.35. The zero-order chi connectivity index (χ0) is 14.6. The molecular formula is C12H19N3O3S. The molecule has 0 heterocycles. The number of rotatable bonds is 6. The first kappa shape index (κ1) is 15.6. The second kappa shape index (κ2) is 6.14. The largest absolute Gasteiger partial charge is 0.368 e. The van der Waals surface area contributed by atoms with E-state index in [0.29, 0.717) is 6.54 Å². The van der Waals surface area contributed by atoms with Crippen LogP contribution in [0.2, 0.25) is 0 Å². The van der Waals surface area contributed by atoms with Gasteiger partial charge in [0.2, 0.25) is 15.9 Å². The lowest BCUT2D eigenvalue weighted by atomic mass is 10.1.